The normalized spacial score (nSPS) is 14.3. The Labute approximate surface area is 365 Å². The summed E-state index contributed by atoms with van der Waals surface area (Å²) in [4.78, 5) is 33.9. The number of aliphatic hydroxyl groups is 1. The molecule has 10 heteroatoms. The van der Waals surface area contributed by atoms with Gasteiger partial charge < -0.3 is 20.1 Å². The maximum Gasteiger partial charge on any atom is 0.472 e. The van der Waals surface area contributed by atoms with Crippen molar-refractivity contribution >= 4 is 19.7 Å². The van der Waals surface area contributed by atoms with Crippen LogP contribution in [0.2, 0.25) is 0 Å². The van der Waals surface area contributed by atoms with E-state index >= 15 is 0 Å². The van der Waals surface area contributed by atoms with Crippen molar-refractivity contribution in [1.82, 2.24) is 5.32 Å². The third-order valence-electron chi connectivity index (χ3n) is 8.94. The van der Waals surface area contributed by atoms with Gasteiger partial charge in [-0.1, -0.05) is 162 Å². The van der Waals surface area contributed by atoms with Crippen LogP contribution in [0.5, 0.6) is 0 Å². The van der Waals surface area contributed by atoms with E-state index in [1.54, 1.807) is 0 Å². The van der Waals surface area contributed by atoms with E-state index in [0.717, 1.165) is 89.9 Å². The van der Waals surface area contributed by atoms with E-state index in [1.807, 2.05) is 0 Å². The maximum atomic E-state index is 12.1. The monoisotopic (exact) mass is 856 g/mol. The maximum absolute atomic E-state index is 12.1. The summed E-state index contributed by atoms with van der Waals surface area (Å²) >= 11 is 0. The molecular formula is C50H82NO8P. The van der Waals surface area contributed by atoms with E-state index in [1.165, 1.54) is 32.1 Å². The van der Waals surface area contributed by atoms with Gasteiger partial charge in [0.2, 0.25) is 5.91 Å². The molecule has 2 unspecified atom stereocenters. The molecule has 0 aliphatic carbocycles. The number of allylic oxidation sites excluding steroid dienone is 18. The van der Waals surface area contributed by atoms with Crippen LogP contribution in [0.3, 0.4) is 0 Å². The number of amides is 1. The number of unbranched alkanes of at least 4 members (excludes halogenated alkanes) is 10. The van der Waals surface area contributed by atoms with E-state index in [0.29, 0.717) is 19.3 Å². The fourth-order valence-electron chi connectivity index (χ4n) is 5.52. The fourth-order valence-corrected chi connectivity index (χ4v) is 6.27. The average molecular weight is 856 g/mol. The Balaban J connectivity index is 3.74. The van der Waals surface area contributed by atoms with Crippen molar-refractivity contribution in [2.24, 2.45) is 0 Å². The van der Waals surface area contributed by atoms with Gasteiger partial charge in [0.25, 0.3) is 0 Å². The number of hydrogen-bond acceptors (Lipinski definition) is 7. The molecule has 0 saturated heterocycles. The lowest BCUT2D eigenvalue weighted by molar-refractivity contribution is -0.147. The van der Waals surface area contributed by atoms with Crippen LogP contribution in [-0.4, -0.2) is 54.3 Å². The smallest absolute Gasteiger partial charge is 0.463 e. The third kappa shape index (κ3) is 45.7. The van der Waals surface area contributed by atoms with Crippen LogP contribution in [0.1, 0.15) is 162 Å². The summed E-state index contributed by atoms with van der Waals surface area (Å²) in [5, 5.41) is 12.7. The molecule has 0 saturated carbocycles. The summed E-state index contributed by atoms with van der Waals surface area (Å²) < 4.78 is 26.9. The molecule has 0 aromatic carbocycles. The van der Waals surface area contributed by atoms with Crippen molar-refractivity contribution in [1.29, 1.82) is 0 Å². The van der Waals surface area contributed by atoms with Gasteiger partial charge in [0, 0.05) is 19.4 Å². The Hall–Kier alpha value is -3.33. The minimum Gasteiger partial charge on any atom is -0.463 e. The number of rotatable bonds is 41. The van der Waals surface area contributed by atoms with Crippen LogP contribution in [0.4, 0.5) is 0 Å². The van der Waals surface area contributed by atoms with Gasteiger partial charge in [-0.25, -0.2) is 4.57 Å². The average Bonchev–Trinajstić information content (AvgIpc) is 3.23. The zero-order valence-electron chi connectivity index (χ0n) is 37.4. The van der Waals surface area contributed by atoms with Crippen LogP contribution >= 0.6 is 7.82 Å². The second-order valence-corrected chi connectivity index (χ2v) is 16.1. The van der Waals surface area contributed by atoms with Crippen LogP contribution < -0.4 is 5.32 Å². The first-order chi connectivity index (χ1) is 29.3. The van der Waals surface area contributed by atoms with E-state index in [2.05, 4.69) is 129 Å². The second kappa shape index (κ2) is 45.2. The molecule has 0 radical (unpaired) electrons. The summed E-state index contributed by atoms with van der Waals surface area (Å²) in [7, 11) is -4.45. The van der Waals surface area contributed by atoms with Gasteiger partial charge in [0.05, 0.1) is 13.2 Å². The number of carbonyl (C=O) groups is 2. The summed E-state index contributed by atoms with van der Waals surface area (Å²) in [6.07, 6.45) is 60.2. The number of ether oxygens (including phenoxy) is 1. The van der Waals surface area contributed by atoms with Gasteiger partial charge in [-0.3, -0.25) is 18.6 Å². The molecule has 2 atom stereocenters. The summed E-state index contributed by atoms with van der Waals surface area (Å²) in [6.45, 7) is 3.31. The first kappa shape index (κ1) is 56.7. The van der Waals surface area contributed by atoms with Crippen molar-refractivity contribution in [2.75, 3.05) is 26.4 Å². The Kier molecular flexibility index (Phi) is 42.7. The highest BCUT2D eigenvalue weighted by molar-refractivity contribution is 7.47. The molecule has 0 aromatic rings. The van der Waals surface area contributed by atoms with Crippen LogP contribution in [-0.2, 0) is 27.9 Å². The van der Waals surface area contributed by atoms with Gasteiger partial charge in [-0.2, -0.15) is 0 Å². The number of aliphatic hydroxyl groups excluding tert-OH is 1. The molecule has 60 heavy (non-hydrogen) atoms. The number of esters is 1. The van der Waals surface area contributed by atoms with Crippen LogP contribution in [0, 0.1) is 0 Å². The van der Waals surface area contributed by atoms with Crippen molar-refractivity contribution in [3.8, 4) is 0 Å². The predicted octanol–water partition coefficient (Wildman–Crippen LogP) is 13.2. The Morgan fingerprint density at radius 2 is 0.967 bits per heavy atom. The number of phosphoric ester groups is 1. The zero-order chi connectivity index (χ0) is 43.9. The Morgan fingerprint density at radius 3 is 1.47 bits per heavy atom. The molecular weight excluding hydrogens is 774 g/mol. The lowest BCUT2D eigenvalue weighted by atomic mass is 10.1. The van der Waals surface area contributed by atoms with E-state index in [9.17, 15) is 24.2 Å². The highest BCUT2D eigenvalue weighted by Gasteiger charge is 2.23. The molecule has 0 heterocycles. The molecule has 0 aromatic heterocycles. The summed E-state index contributed by atoms with van der Waals surface area (Å²) in [5.41, 5.74) is 0. The number of nitrogens with one attached hydrogen (secondary N) is 1. The first-order valence-electron chi connectivity index (χ1n) is 22.9. The standard InChI is InChI=1S/C50H82NO8P/c1-3-5-7-9-11-13-15-17-19-21-22-23-24-25-26-27-28-30-32-34-36-38-40-42-49(53)51-44-45-58-60(55,56)59-47-48(52)46-57-50(54)43-41-39-37-35-33-31-29-20-18-16-14-12-10-8-6-4-2/h5,7,11,13-14,16-17,19-20,22-23,25-26,28-30,34,36,48,52H,3-4,6,8-10,12,15,18,21,24,27,31-33,35,37-47H2,1-2H3,(H,51,53)(H,55,56)/b7-5-,13-11-,16-14-,19-17-,23-22-,26-25-,29-20-,30-28-,36-34-. The summed E-state index contributed by atoms with van der Waals surface area (Å²) in [5.74, 6) is -0.601. The lowest BCUT2D eigenvalue weighted by Gasteiger charge is -2.15. The zero-order valence-corrected chi connectivity index (χ0v) is 38.2. The molecule has 0 spiro atoms. The van der Waals surface area contributed by atoms with E-state index in [-0.39, 0.29) is 32.1 Å². The topological polar surface area (TPSA) is 131 Å². The van der Waals surface area contributed by atoms with Crippen molar-refractivity contribution < 1.29 is 37.9 Å². The molecule has 0 bridgehead atoms. The van der Waals surface area contributed by atoms with Gasteiger partial charge in [-0.15, -0.1) is 0 Å². The van der Waals surface area contributed by atoms with Gasteiger partial charge >= 0.3 is 13.8 Å². The summed E-state index contributed by atoms with van der Waals surface area (Å²) in [6, 6.07) is 0. The highest BCUT2D eigenvalue weighted by atomic mass is 31.2. The quantitative estimate of drug-likeness (QED) is 0.0240. The number of hydrogen-bond donors (Lipinski definition) is 3. The Bertz CT molecular complexity index is 1340. The molecule has 0 aliphatic heterocycles. The second-order valence-electron chi connectivity index (χ2n) is 14.6. The van der Waals surface area contributed by atoms with Crippen molar-refractivity contribution in [3.05, 3.63) is 109 Å². The minimum atomic E-state index is -4.45. The first-order valence-corrected chi connectivity index (χ1v) is 24.4. The van der Waals surface area contributed by atoms with Gasteiger partial charge in [0.15, 0.2) is 0 Å². The molecule has 3 N–H and O–H groups in total. The SMILES string of the molecule is CC/C=C\C/C=C\C/C=C\C/C=C\C/C=C\C/C=C\C/C=C\CCCC(=O)NCCOP(=O)(O)OCC(O)COC(=O)CCCCCCC/C=C\C/C=C\CCCCCC. The van der Waals surface area contributed by atoms with Crippen LogP contribution in [0.15, 0.2) is 109 Å². The molecule has 340 valence electrons. The molecule has 1 amide bonds. The molecule has 0 rings (SSSR count). The van der Waals surface area contributed by atoms with E-state index < -0.39 is 26.5 Å². The van der Waals surface area contributed by atoms with Gasteiger partial charge in [-0.05, 0) is 96.3 Å². The molecule has 0 aliphatic rings. The van der Waals surface area contributed by atoms with E-state index in [4.69, 9.17) is 13.8 Å². The molecule has 0 fully saturated rings. The highest BCUT2D eigenvalue weighted by Crippen LogP contribution is 2.42. The number of carbonyl (C=O) groups excluding carboxylic acids is 2. The minimum absolute atomic E-state index is 0.0413. The van der Waals surface area contributed by atoms with Crippen LogP contribution in [0.25, 0.3) is 0 Å². The lowest BCUT2D eigenvalue weighted by Crippen LogP contribution is -2.27. The third-order valence-corrected chi connectivity index (χ3v) is 9.92. The fraction of sp³-hybridized carbons (Fsp3) is 0.600. The number of phosphoric acid groups is 1. The van der Waals surface area contributed by atoms with Gasteiger partial charge in [0.1, 0.15) is 12.7 Å². The van der Waals surface area contributed by atoms with Crippen molar-refractivity contribution in [2.45, 2.75) is 168 Å². The largest absolute Gasteiger partial charge is 0.472 e. The van der Waals surface area contributed by atoms with Crippen molar-refractivity contribution in [3.63, 3.8) is 0 Å². The molecule has 9 nitrogen and oxygen atoms in total. The predicted molar refractivity (Wildman–Crippen MR) is 252 cm³/mol. The Morgan fingerprint density at radius 1 is 0.533 bits per heavy atom.